The average Bonchev–Trinajstić information content (AvgIpc) is 0.672. The zero-order chi connectivity index (χ0) is 93.9. The standard InChI is InChI=1S/C122H139NO7/c1-111(2,3)68-117(19,20)75-33-47-82(48-34-75)123(83-49-35-76(36-50-83)118(21,22)69-112(4,5)6)81-45-31-74(32-46-81)93-65-97(127-85-53-39-78(40-54-85)120(25,26)71-114(10,11)12)104-90-60-62-92-101-91(61-59-89(100(90)101)103-96(64-63-88(93)107(103)104)126-84-51-37-77(38-52-84)119(23,24)70-113(7,8)9)105-98(128-86-55-41-79(42-56-86)121(27,28)72-115(13,14)15)66-94-102-95(110(125)130-109(94)124)67-99(106(92)108(102)105)129-87-57-43-80(44-58-87)122(29,30)73-116(16,17)18/h31-67H,68-73H2,1-30H3. The molecule has 0 amide bonds. The van der Waals surface area contributed by atoms with Gasteiger partial charge in [-0.3, -0.25) is 0 Å². The number of ether oxygens (including phenoxy) is 5. The highest BCUT2D eigenvalue weighted by Crippen LogP contribution is 2.59. The van der Waals surface area contributed by atoms with E-state index in [1.165, 1.54) is 33.4 Å². The van der Waals surface area contributed by atoms with Gasteiger partial charge in [-0.05, 0) is 301 Å². The molecule has 8 nitrogen and oxygen atoms in total. The first-order valence-electron chi connectivity index (χ1n) is 47.3. The minimum Gasteiger partial charge on any atom is -0.457 e. The van der Waals surface area contributed by atoms with Crippen LogP contribution in [-0.4, -0.2) is 11.9 Å². The molecule has 0 radical (unpaired) electrons. The van der Waals surface area contributed by atoms with Crippen molar-refractivity contribution in [2.45, 2.75) is 279 Å². The van der Waals surface area contributed by atoms with Crippen molar-refractivity contribution in [3.63, 3.8) is 0 Å². The van der Waals surface area contributed by atoms with Gasteiger partial charge in [0, 0.05) is 54.8 Å². The van der Waals surface area contributed by atoms with E-state index in [0.29, 0.717) is 67.5 Å². The molecule has 130 heavy (non-hydrogen) atoms. The number of carbonyl (C=O) groups excluding carboxylic acids is 2. The van der Waals surface area contributed by atoms with Gasteiger partial charge in [-0.2, -0.15) is 0 Å². The van der Waals surface area contributed by atoms with Crippen LogP contribution in [0.1, 0.15) is 300 Å². The van der Waals surface area contributed by atoms with Crippen LogP contribution in [0.4, 0.5) is 17.1 Å². The van der Waals surface area contributed by atoms with Crippen molar-refractivity contribution in [2.75, 3.05) is 4.90 Å². The minimum atomic E-state index is -0.750. The van der Waals surface area contributed by atoms with Crippen molar-refractivity contribution in [3.8, 4) is 57.1 Å². The van der Waals surface area contributed by atoms with Gasteiger partial charge in [0.15, 0.2) is 0 Å². The number of esters is 2. The summed E-state index contributed by atoms with van der Waals surface area (Å²) in [5, 5.41) is 11.8. The summed E-state index contributed by atoms with van der Waals surface area (Å²) in [5.74, 6) is 3.25. The molecule has 0 aromatic heterocycles. The summed E-state index contributed by atoms with van der Waals surface area (Å²) < 4.78 is 36.0. The molecule has 674 valence electrons. The second-order valence-electron chi connectivity index (χ2n) is 49.5. The van der Waals surface area contributed by atoms with E-state index in [1.54, 1.807) is 12.1 Å². The molecular weight excluding hydrogens is 1590 g/mol. The number of anilines is 3. The first-order valence-corrected chi connectivity index (χ1v) is 47.3. The Morgan fingerprint density at radius 2 is 0.438 bits per heavy atom. The molecule has 0 unspecified atom stereocenters. The lowest BCUT2D eigenvalue weighted by molar-refractivity contribution is 0.0390. The predicted molar refractivity (Wildman–Crippen MR) is 550 cm³/mol. The van der Waals surface area contributed by atoms with Crippen molar-refractivity contribution < 1.29 is 33.3 Å². The number of cyclic esters (lactones) is 2. The fourth-order valence-electron chi connectivity index (χ4n) is 23.9. The maximum Gasteiger partial charge on any atom is 0.346 e. The molecule has 0 saturated carbocycles. The molecule has 0 saturated heterocycles. The van der Waals surface area contributed by atoms with Gasteiger partial charge in [-0.15, -0.1) is 0 Å². The Labute approximate surface area is 774 Å². The van der Waals surface area contributed by atoms with Crippen LogP contribution in [0.5, 0.6) is 46.0 Å². The Morgan fingerprint density at radius 3 is 0.708 bits per heavy atom. The van der Waals surface area contributed by atoms with Gasteiger partial charge in [0.2, 0.25) is 0 Å². The van der Waals surface area contributed by atoms with Crippen LogP contribution in [0.2, 0.25) is 0 Å². The van der Waals surface area contributed by atoms with Gasteiger partial charge >= 0.3 is 11.9 Å². The molecule has 15 aromatic rings. The van der Waals surface area contributed by atoms with E-state index in [9.17, 15) is 9.59 Å². The van der Waals surface area contributed by atoms with Gasteiger partial charge in [0.05, 0.1) is 11.1 Å². The largest absolute Gasteiger partial charge is 0.457 e. The van der Waals surface area contributed by atoms with E-state index >= 15 is 0 Å². The number of nitrogens with zero attached hydrogens (tertiary/aromatic N) is 1. The highest BCUT2D eigenvalue weighted by molar-refractivity contribution is 6.46. The van der Waals surface area contributed by atoms with Crippen LogP contribution in [0.3, 0.4) is 0 Å². The summed E-state index contributed by atoms with van der Waals surface area (Å²) in [6, 6.07) is 81.3. The average molecular weight is 1730 g/mol. The minimum absolute atomic E-state index is 0.0478. The van der Waals surface area contributed by atoms with Gasteiger partial charge in [-0.25, -0.2) is 9.59 Å². The number of hydrogen-bond acceptors (Lipinski definition) is 8. The molecule has 15 aromatic carbocycles. The monoisotopic (exact) mass is 1730 g/mol. The molecule has 1 heterocycles. The summed E-state index contributed by atoms with van der Waals surface area (Å²) in [6.07, 6.45) is 5.99. The first kappa shape index (κ1) is 92.1. The second-order valence-corrected chi connectivity index (χ2v) is 49.5. The van der Waals surface area contributed by atoms with E-state index < -0.39 is 11.9 Å². The quantitative estimate of drug-likeness (QED) is 0.0256. The van der Waals surface area contributed by atoms with Gasteiger partial charge < -0.3 is 28.6 Å². The molecule has 0 bridgehead atoms. The van der Waals surface area contributed by atoms with Gasteiger partial charge in [0.1, 0.15) is 46.0 Å². The first-order chi connectivity index (χ1) is 60.4. The molecule has 8 heteroatoms. The van der Waals surface area contributed by atoms with Crippen LogP contribution in [0.25, 0.3) is 86.5 Å². The lowest BCUT2D eigenvalue weighted by Gasteiger charge is -2.34. The van der Waals surface area contributed by atoms with E-state index in [0.717, 1.165) is 121 Å². The maximum atomic E-state index is 14.8. The molecule has 1 aliphatic heterocycles. The molecule has 0 fully saturated rings. The summed E-state index contributed by atoms with van der Waals surface area (Å²) in [6.45, 7) is 69.7. The number of fused-ring (bicyclic) bond motifs is 4. The van der Waals surface area contributed by atoms with Crippen LogP contribution in [-0.2, 0) is 37.2 Å². The van der Waals surface area contributed by atoms with Crippen LogP contribution >= 0.6 is 0 Å². The molecule has 0 aliphatic carbocycles. The van der Waals surface area contributed by atoms with Crippen molar-refractivity contribution >= 4 is 104 Å². The van der Waals surface area contributed by atoms with E-state index in [1.807, 2.05) is 24.3 Å². The Kier molecular flexibility index (Phi) is 22.9. The fourth-order valence-corrected chi connectivity index (χ4v) is 23.9. The third-order valence-corrected chi connectivity index (χ3v) is 27.0. The predicted octanol–water partition coefficient (Wildman–Crippen LogP) is 36.5. The van der Waals surface area contributed by atoms with E-state index in [2.05, 4.69) is 401 Å². The molecule has 0 atom stereocenters. The van der Waals surface area contributed by atoms with Crippen molar-refractivity contribution in [1.82, 2.24) is 0 Å². The lowest BCUT2D eigenvalue weighted by Crippen LogP contribution is -2.25. The molecule has 16 rings (SSSR count). The van der Waals surface area contributed by atoms with Crippen molar-refractivity contribution in [2.24, 2.45) is 32.5 Å². The third kappa shape index (κ3) is 18.6. The number of rotatable bonds is 24. The summed E-state index contributed by atoms with van der Waals surface area (Å²) in [5.41, 5.74) is 13.1. The smallest absolute Gasteiger partial charge is 0.346 e. The van der Waals surface area contributed by atoms with Crippen molar-refractivity contribution in [1.29, 1.82) is 0 Å². The fraction of sp³-hybridized carbons (Fsp3) is 0.393. The highest BCUT2D eigenvalue weighted by Gasteiger charge is 2.39. The third-order valence-electron chi connectivity index (χ3n) is 27.0. The van der Waals surface area contributed by atoms with Crippen LogP contribution < -0.4 is 23.8 Å². The lowest BCUT2D eigenvalue weighted by atomic mass is 9.72. The Hall–Kier alpha value is -11.2. The molecule has 0 spiro atoms. The highest BCUT2D eigenvalue weighted by atomic mass is 16.6. The normalized spacial score (nSPS) is 13.9. The Balaban J connectivity index is 0.986. The number of benzene rings is 15. The zero-order valence-electron chi connectivity index (χ0n) is 83.4. The van der Waals surface area contributed by atoms with E-state index in [4.69, 9.17) is 23.7 Å². The molecular formula is C122H139NO7. The topological polar surface area (TPSA) is 83.5 Å². The SMILES string of the molecule is CC(C)(C)CC(C)(C)c1ccc(Oc2ccc3c(-c4ccc(N(c5ccc(C(C)(C)CC(C)(C)C)cc5)c5ccc(C(C)(C)CC(C)(C)C)cc5)cc4)cc(Oc4ccc(C(C)(C)CC(C)(C)C)cc4)c4c5ccc6c7c(Oc8ccc(C(C)(C)CC(C)(C)C)cc8)cc8c9c(cc(Oc%10ccc(C(C)(C)CC(C)(C)C)cc%10)c(c%10ccc(c2c34)c5c%106)c97)C(=O)OC8=O)cc1. The number of hydrogen-bond donors (Lipinski definition) is 0. The number of carbonyl (C=O) groups is 2. The second kappa shape index (κ2) is 32.4. The zero-order valence-corrected chi connectivity index (χ0v) is 83.4. The Morgan fingerprint density at radius 1 is 0.215 bits per heavy atom. The summed E-state index contributed by atoms with van der Waals surface area (Å²) in [7, 11) is 0. The van der Waals surface area contributed by atoms with E-state index in [-0.39, 0.29) is 76.1 Å². The Bertz CT molecular complexity index is 6540. The van der Waals surface area contributed by atoms with Crippen LogP contribution in [0.15, 0.2) is 224 Å². The van der Waals surface area contributed by atoms with Gasteiger partial charge in [-0.1, -0.05) is 317 Å². The summed E-state index contributed by atoms with van der Waals surface area (Å²) in [4.78, 5) is 32.1. The summed E-state index contributed by atoms with van der Waals surface area (Å²) >= 11 is 0. The van der Waals surface area contributed by atoms with Crippen molar-refractivity contribution in [3.05, 3.63) is 269 Å². The molecule has 0 N–H and O–H groups in total. The van der Waals surface area contributed by atoms with Crippen LogP contribution in [0, 0.1) is 32.5 Å². The molecule has 1 aliphatic rings. The van der Waals surface area contributed by atoms with Gasteiger partial charge in [0.25, 0.3) is 0 Å². The maximum absolute atomic E-state index is 14.8.